The summed E-state index contributed by atoms with van der Waals surface area (Å²) >= 11 is 3.34. The molecule has 4 nitrogen and oxygen atoms in total. The molecule has 0 aliphatic heterocycles. The van der Waals surface area contributed by atoms with Crippen LogP contribution in [0.2, 0.25) is 0 Å². The van der Waals surface area contributed by atoms with Crippen molar-refractivity contribution in [1.29, 1.82) is 0 Å². The highest BCUT2D eigenvalue weighted by molar-refractivity contribution is 9.09. The molecule has 1 aromatic rings. The average molecular weight is 288 g/mol. The summed E-state index contributed by atoms with van der Waals surface area (Å²) < 4.78 is 4.57. The largest absolute Gasteiger partial charge is 0.465 e. The number of nitrogens with one attached hydrogen (secondary N) is 1. The molecule has 1 rings (SSSR count). The Morgan fingerprint density at radius 2 is 2.19 bits per heavy atom. The van der Waals surface area contributed by atoms with Gasteiger partial charge in [0.1, 0.15) is 0 Å². The minimum absolute atomic E-state index is 0.267. The van der Waals surface area contributed by atoms with Gasteiger partial charge in [0.2, 0.25) is 5.56 Å². The number of ether oxygens (including phenoxy) is 1. The standard InChI is InChI=1S/C11H14BrNO3/c1-16-11(15)8-6-9(4-2-3-5-12)13-10(14)7-8/h6-7H,2-5H2,1H3,(H,13,14). The summed E-state index contributed by atoms with van der Waals surface area (Å²) in [5.41, 5.74) is 0.811. The lowest BCUT2D eigenvalue weighted by Gasteiger charge is -2.03. The first-order valence-electron chi connectivity index (χ1n) is 5.05. The Morgan fingerprint density at radius 1 is 1.44 bits per heavy atom. The number of hydrogen-bond donors (Lipinski definition) is 1. The smallest absolute Gasteiger partial charge is 0.338 e. The van der Waals surface area contributed by atoms with Crippen LogP contribution in [0.25, 0.3) is 0 Å². The van der Waals surface area contributed by atoms with E-state index in [-0.39, 0.29) is 5.56 Å². The van der Waals surface area contributed by atoms with Gasteiger partial charge in [-0.1, -0.05) is 15.9 Å². The van der Waals surface area contributed by atoms with E-state index in [1.807, 2.05) is 0 Å². The van der Waals surface area contributed by atoms with Gasteiger partial charge < -0.3 is 9.72 Å². The van der Waals surface area contributed by atoms with E-state index < -0.39 is 5.97 Å². The number of unbranched alkanes of at least 4 members (excludes halogenated alkanes) is 1. The molecule has 0 saturated heterocycles. The maximum atomic E-state index is 11.3. The van der Waals surface area contributed by atoms with E-state index in [1.165, 1.54) is 13.2 Å². The third kappa shape index (κ3) is 3.81. The maximum Gasteiger partial charge on any atom is 0.338 e. The van der Waals surface area contributed by atoms with Gasteiger partial charge in [-0.3, -0.25) is 4.79 Å². The van der Waals surface area contributed by atoms with Crippen molar-refractivity contribution in [2.24, 2.45) is 0 Å². The number of pyridine rings is 1. The highest BCUT2D eigenvalue weighted by atomic mass is 79.9. The Labute approximate surface area is 102 Å². The van der Waals surface area contributed by atoms with Crippen LogP contribution in [0, 0.1) is 0 Å². The number of alkyl halides is 1. The predicted molar refractivity (Wildman–Crippen MR) is 65.1 cm³/mol. The maximum absolute atomic E-state index is 11.3. The number of halogens is 1. The second kappa shape index (κ2) is 6.48. The number of carbonyl (C=O) groups excluding carboxylic acids is 1. The summed E-state index contributed by atoms with van der Waals surface area (Å²) in [6.07, 6.45) is 2.75. The van der Waals surface area contributed by atoms with E-state index in [9.17, 15) is 9.59 Å². The second-order valence-corrected chi connectivity index (χ2v) is 4.19. The third-order valence-electron chi connectivity index (χ3n) is 2.15. The molecule has 0 radical (unpaired) electrons. The van der Waals surface area contributed by atoms with Crippen LogP contribution in [0.4, 0.5) is 0 Å². The molecule has 1 N–H and O–H groups in total. The summed E-state index contributed by atoms with van der Waals surface area (Å²) in [6.45, 7) is 0. The van der Waals surface area contributed by atoms with Crippen molar-refractivity contribution in [2.45, 2.75) is 19.3 Å². The molecule has 5 heteroatoms. The lowest BCUT2D eigenvalue weighted by atomic mass is 10.1. The van der Waals surface area contributed by atoms with Crippen LogP contribution in [0.1, 0.15) is 28.9 Å². The zero-order chi connectivity index (χ0) is 12.0. The van der Waals surface area contributed by atoms with E-state index in [0.29, 0.717) is 5.56 Å². The van der Waals surface area contributed by atoms with Gasteiger partial charge in [0.15, 0.2) is 0 Å². The van der Waals surface area contributed by atoms with Crippen LogP contribution < -0.4 is 5.56 Å². The molecular formula is C11H14BrNO3. The molecule has 0 aliphatic carbocycles. The van der Waals surface area contributed by atoms with Gasteiger partial charge in [-0.15, -0.1) is 0 Å². The van der Waals surface area contributed by atoms with E-state index in [4.69, 9.17) is 0 Å². The first-order chi connectivity index (χ1) is 7.67. The van der Waals surface area contributed by atoms with Crippen molar-refractivity contribution in [2.75, 3.05) is 12.4 Å². The lowest BCUT2D eigenvalue weighted by molar-refractivity contribution is 0.0600. The van der Waals surface area contributed by atoms with Crippen molar-refractivity contribution >= 4 is 21.9 Å². The number of carbonyl (C=O) groups is 1. The van der Waals surface area contributed by atoms with E-state index in [2.05, 4.69) is 25.7 Å². The molecule has 0 unspecified atom stereocenters. The molecule has 88 valence electrons. The molecule has 1 heterocycles. The van der Waals surface area contributed by atoms with Crippen LogP contribution in [-0.4, -0.2) is 23.4 Å². The molecule has 0 bridgehead atoms. The summed E-state index contributed by atoms with van der Waals surface area (Å²) in [5.74, 6) is -0.479. The molecule has 0 spiro atoms. The number of aryl methyl sites for hydroxylation is 1. The Balaban J connectivity index is 2.82. The number of H-pyrrole nitrogens is 1. The van der Waals surface area contributed by atoms with E-state index in [1.54, 1.807) is 6.07 Å². The molecular weight excluding hydrogens is 274 g/mol. The topological polar surface area (TPSA) is 59.2 Å². The quantitative estimate of drug-likeness (QED) is 0.511. The van der Waals surface area contributed by atoms with Crippen LogP contribution in [0.3, 0.4) is 0 Å². The third-order valence-corrected chi connectivity index (χ3v) is 2.71. The Hall–Kier alpha value is -1.10. The molecule has 16 heavy (non-hydrogen) atoms. The van der Waals surface area contributed by atoms with Gasteiger partial charge in [-0.25, -0.2) is 4.79 Å². The van der Waals surface area contributed by atoms with Crippen molar-refractivity contribution in [3.05, 3.63) is 33.7 Å². The summed E-state index contributed by atoms with van der Waals surface area (Å²) in [6, 6.07) is 2.92. The SMILES string of the molecule is COC(=O)c1cc(CCCCBr)[nH]c(=O)c1. The van der Waals surface area contributed by atoms with Crippen molar-refractivity contribution in [3.8, 4) is 0 Å². The van der Waals surface area contributed by atoms with Gasteiger partial charge in [-0.05, 0) is 25.3 Å². The lowest BCUT2D eigenvalue weighted by Crippen LogP contribution is -2.13. The Morgan fingerprint density at radius 3 is 2.81 bits per heavy atom. The highest BCUT2D eigenvalue weighted by Crippen LogP contribution is 2.05. The fourth-order valence-corrected chi connectivity index (χ4v) is 1.78. The molecule has 0 amide bonds. The number of hydrogen-bond acceptors (Lipinski definition) is 3. The van der Waals surface area contributed by atoms with Gasteiger partial charge in [0, 0.05) is 17.1 Å². The monoisotopic (exact) mass is 287 g/mol. The molecule has 1 aromatic heterocycles. The van der Waals surface area contributed by atoms with Crippen LogP contribution in [-0.2, 0) is 11.2 Å². The Kier molecular flexibility index (Phi) is 5.25. The molecule has 0 aliphatic rings. The average Bonchev–Trinajstić information content (AvgIpc) is 2.27. The number of rotatable bonds is 5. The van der Waals surface area contributed by atoms with Gasteiger partial charge in [-0.2, -0.15) is 0 Å². The Bertz CT molecular complexity index is 414. The molecule has 0 saturated carbocycles. The summed E-state index contributed by atoms with van der Waals surface area (Å²) in [4.78, 5) is 25.3. The zero-order valence-electron chi connectivity index (χ0n) is 9.09. The predicted octanol–water partition coefficient (Wildman–Crippen LogP) is 1.88. The van der Waals surface area contributed by atoms with Crippen LogP contribution >= 0.6 is 15.9 Å². The minimum Gasteiger partial charge on any atom is -0.465 e. The second-order valence-electron chi connectivity index (χ2n) is 3.40. The van der Waals surface area contributed by atoms with E-state index >= 15 is 0 Å². The van der Waals surface area contributed by atoms with Crippen molar-refractivity contribution < 1.29 is 9.53 Å². The number of aromatic nitrogens is 1. The molecule has 0 fully saturated rings. The van der Waals surface area contributed by atoms with Gasteiger partial charge in [0.05, 0.1) is 12.7 Å². The van der Waals surface area contributed by atoms with Crippen molar-refractivity contribution in [1.82, 2.24) is 4.98 Å². The van der Waals surface area contributed by atoms with E-state index in [0.717, 1.165) is 30.3 Å². The molecule has 0 atom stereocenters. The molecule has 0 aromatic carbocycles. The first kappa shape index (κ1) is 13.0. The summed E-state index contributed by atoms with van der Waals surface area (Å²) in [7, 11) is 1.30. The number of esters is 1. The zero-order valence-corrected chi connectivity index (χ0v) is 10.7. The van der Waals surface area contributed by atoms with Gasteiger partial charge in [0.25, 0.3) is 0 Å². The van der Waals surface area contributed by atoms with Crippen LogP contribution in [0.15, 0.2) is 16.9 Å². The normalized spacial score (nSPS) is 10.1. The first-order valence-corrected chi connectivity index (χ1v) is 6.17. The number of aromatic amines is 1. The fourth-order valence-electron chi connectivity index (χ4n) is 1.38. The fraction of sp³-hybridized carbons (Fsp3) is 0.455. The van der Waals surface area contributed by atoms with Crippen molar-refractivity contribution in [3.63, 3.8) is 0 Å². The minimum atomic E-state index is -0.479. The van der Waals surface area contributed by atoms with Crippen LogP contribution in [0.5, 0.6) is 0 Å². The highest BCUT2D eigenvalue weighted by Gasteiger charge is 2.07. The van der Waals surface area contributed by atoms with Gasteiger partial charge >= 0.3 is 5.97 Å². The summed E-state index contributed by atoms with van der Waals surface area (Å²) in [5, 5.41) is 0.938. The number of methoxy groups -OCH3 is 1.